The average Bonchev–Trinajstić information content (AvgIpc) is 2.13. The maximum absolute atomic E-state index is 6.19. The lowest BCUT2D eigenvalue weighted by Crippen LogP contribution is -2.29. The minimum Gasteiger partial charge on any atom is -0.496 e. The van der Waals surface area contributed by atoms with E-state index in [9.17, 15) is 0 Å². The van der Waals surface area contributed by atoms with Crippen LogP contribution in [0.1, 0.15) is 45.7 Å². The third-order valence-corrected chi connectivity index (χ3v) is 2.69. The Balaban J connectivity index is 3.14. The molecule has 2 N–H and O–H groups in total. The summed E-state index contributed by atoms with van der Waals surface area (Å²) in [6.07, 6.45) is 1.04. The van der Waals surface area contributed by atoms with Crippen LogP contribution in [0.15, 0.2) is 18.2 Å². The van der Waals surface area contributed by atoms with E-state index in [1.165, 1.54) is 5.56 Å². The normalized spacial score (nSPS) is 12.6. The Bertz CT molecular complexity index is 383. The van der Waals surface area contributed by atoms with Crippen molar-refractivity contribution in [2.45, 2.75) is 46.6 Å². The van der Waals surface area contributed by atoms with E-state index < -0.39 is 0 Å². The van der Waals surface area contributed by atoms with Crippen LogP contribution in [-0.4, -0.2) is 7.11 Å². The fourth-order valence-corrected chi connectivity index (χ4v) is 1.98. The van der Waals surface area contributed by atoms with Crippen LogP contribution in [0, 0.1) is 5.41 Å². The van der Waals surface area contributed by atoms with Gasteiger partial charge in [0, 0.05) is 11.1 Å². The first kappa shape index (κ1) is 14.0. The van der Waals surface area contributed by atoms with Crippen molar-refractivity contribution in [2.75, 3.05) is 7.11 Å². The van der Waals surface area contributed by atoms with Gasteiger partial charge in [-0.1, -0.05) is 32.9 Å². The molecule has 0 saturated heterocycles. The van der Waals surface area contributed by atoms with Gasteiger partial charge in [-0.05, 0) is 37.3 Å². The predicted octanol–water partition coefficient (Wildman–Crippen LogP) is 3.48. The maximum Gasteiger partial charge on any atom is 0.123 e. The second-order valence-corrected chi connectivity index (χ2v) is 6.49. The highest BCUT2D eigenvalue weighted by molar-refractivity contribution is 5.41. The first-order chi connectivity index (χ1) is 7.63. The summed E-state index contributed by atoms with van der Waals surface area (Å²) in [4.78, 5) is 0. The topological polar surface area (TPSA) is 35.2 Å². The molecule has 0 spiro atoms. The Labute approximate surface area is 105 Å². The van der Waals surface area contributed by atoms with Crippen LogP contribution in [0.25, 0.3) is 0 Å². The molecule has 0 bridgehead atoms. The first-order valence-corrected chi connectivity index (χ1v) is 6.10. The number of nitrogens with two attached hydrogens (primary N) is 1. The Morgan fingerprint density at radius 2 is 1.71 bits per heavy atom. The van der Waals surface area contributed by atoms with E-state index in [-0.39, 0.29) is 11.0 Å². The van der Waals surface area contributed by atoms with Gasteiger partial charge in [-0.2, -0.15) is 0 Å². The molecule has 0 atom stereocenters. The highest BCUT2D eigenvalue weighted by Gasteiger charge is 2.21. The maximum atomic E-state index is 6.19. The van der Waals surface area contributed by atoms with Crippen molar-refractivity contribution >= 4 is 0 Å². The summed E-state index contributed by atoms with van der Waals surface area (Å²) in [5.74, 6) is 0.871. The highest BCUT2D eigenvalue weighted by atomic mass is 16.5. The fraction of sp³-hybridized carbons (Fsp3) is 0.600. The molecular weight excluding hydrogens is 210 g/mol. The smallest absolute Gasteiger partial charge is 0.123 e. The molecular formula is C15H25NO. The van der Waals surface area contributed by atoms with Gasteiger partial charge in [-0.15, -0.1) is 0 Å². The van der Waals surface area contributed by atoms with Gasteiger partial charge in [0.1, 0.15) is 5.75 Å². The van der Waals surface area contributed by atoms with Crippen molar-refractivity contribution in [1.82, 2.24) is 0 Å². The van der Waals surface area contributed by atoms with Crippen molar-refractivity contribution < 1.29 is 4.74 Å². The lowest BCUT2D eigenvalue weighted by Gasteiger charge is -2.25. The van der Waals surface area contributed by atoms with E-state index in [0.29, 0.717) is 0 Å². The molecule has 1 rings (SSSR count). The molecule has 0 radical (unpaired) electrons. The average molecular weight is 235 g/mol. The summed E-state index contributed by atoms with van der Waals surface area (Å²) in [6.45, 7) is 10.7. The molecule has 0 heterocycles. The van der Waals surface area contributed by atoms with Gasteiger partial charge in [-0.3, -0.25) is 0 Å². The summed E-state index contributed by atoms with van der Waals surface area (Å²) >= 11 is 0. The zero-order valence-electron chi connectivity index (χ0n) is 11.9. The van der Waals surface area contributed by atoms with E-state index in [2.05, 4.69) is 32.9 Å². The molecule has 96 valence electrons. The number of hydrogen-bond acceptors (Lipinski definition) is 2. The van der Waals surface area contributed by atoms with Gasteiger partial charge >= 0.3 is 0 Å². The first-order valence-electron chi connectivity index (χ1n) is 6.10. The standard InChI is InChI=1S/C15H25NO/c1-14(2,3)10-11-7-8-13(17-6)12(9-11)15(4,5)16/h7-9H,10,16H2,1-6H3. The monoisotopic (exact) mass is 235 g/mol. The Kier molecular flexibility index (Phi) is 3.88. The zero-order chi connectivity index (χ0) is 13.3. The summed E-state index contributed by atoms with van der Waals surface area (Å²) in [5, 5.41) is 0. The molecule has 0 aliphatic heterocycles. The van der Waals surface area contributed by atoms with Crippen LogP contribution < -0.4 is 10.5 Å². The van der Waals surface area contributed by atoms with Crippen LogP contribution in [0.4, 0.5) is 0 Å². The van der Waals surface area contributed by atoms with Gasteiger partial charge in [0.05, 0.1) is 7.11 Å². The van der Waals surface area contributed by atoms with Crippen LogP contribution in [0.5, 0.6) is 5.75 Å². The number of benzene rings is 1. The summed E-state index contributed by atoms with van der Waals surface area (Å²) in [6, 6.07) is 6.31. The fourth-order valence-electron chi connectivity index (χ4n) is 1.98. The van der Waals surface area contributed by atoms with E-state index in [1.54, 1.807) is 7.11 Å². The number of ether oxygens (including phenoxy) is 1. The molecule has 1 aromatic rings. The minimum absolute atomic E-state index is 0.282. The molecule has 0 aliphatic rings. The van der Waals surface area contributed by atoms with E-state index in [1.807, 2.05) is 19.9 Å². The molecule has 0 aromatic heterocycles. The van der Waals surface area contributed by atoms with Crippen LogP contribution in [0.3, 0.4) is 0 Å². The summed E-state index contributed by atoms with van der Waals surface area (Å²) < 4.78 is 5.38. The Morgan fingerprint density at radius 1 is 1.12 bits per heavy atom. The zero-order valence-corrected chi connectivity index (χ0v) is 11.9. The molecule has 0 aliphatic carbocycles. The van der Waals surface area contributed by atoms with Crippen molar-refractivity contribution in [3.8, 4) is 5.75 Å². The number of methoxy groups -OCH3 is 1. The largest absolute Gasteiger partial charge is 0.496 e. The van der Waals surface area contributed by atoms with E-state index in [0.717, 1.165) is 17.7 Å². The summed E-state index contributed by atoms with van der Waals surface area (Å²) in [7, 11) is 1.69. The van der Waals surface area contributed by atoms with Gasteiger partial charge in [-0.25, -0.2) is 0 Å². The lowest BCUT2D eigenvalue weighted by molar-refractivity contribution is 0.390. The number of hydrogen-bond donors (Lipinski definition) is 1. The predicted molar refractivity (Wildman–Crippen MR) is 73.4 cm³/mol. The third-order valence-electron chi connectivity index (χ3n) is 2.69. The second-order valence-electron chi connectivity index (χ2n) is 6.49. The van der Waals surface area contributed by atoms with Crippen LogP contribution in [-0.2, 0) is 12.0 Å². The van der Waals surface area contributed by atoms with Gasteiger partial charge in [0.2, 0.25) is 0 Å². The van der Waals surface area contributed by atoms with Crippen LogP contribution >= 0.6 is 0 Å². The van der Waals surface area contributed by atoms with Crippen molar-refractivity contribution in [2.24, 2.45) is 11.1 Å². The lowest BCUT2D eigenvalue weighted by atomic mass is 9.85. The second kappa shape index (κ2) is 4.69. The molecule has 2 heteroatoms. The van der Waals surface area contributed by atoms with Crippen LogP contribution in [0.2, 0.25) is 0 Å². The van der Waals surface area contributed by atoms with Gasteiger partial charge < -0.3 is 10.5 Å². The molecule has 2 nitrogen and oxygen atoms in total. The Hall–Kier alpha value is -1.02. The SMILES string of the molecule is COc1ccc(CC(C)(C)C)cc1C(C)(C)N. The molecule has 0 saturated carbocycles. The van der Waals surface area contributed by atoms with Crippen molar-refractivity contribution in [3.05, 3.63) is 29.3 Å². The Morgan fingerprint density at radius 3 is 2.12 bits per heavy atom. The molecule has 0 fully saturated rings. The minimum atomic E-state index is -0.376. The molecule has 0 amide bonds. The van der Waals surface area contributed by atoms with Gasteiger partial charge in [0.25, 0.3) is 0 Å². The van der Waals surface area contributed by atoms with Gasteiger partial charge in [0.15, 0.2) is 0 Å². The number of rotatable bonds is 3. The van der Waals surface area contributed by atoms with E-state index in [4.69, 9.17) is 10.5 Å². The highest BCUT2D eigenvalue weighted by Crippen LogP contribution is 2.31. The van der Waals surface area contributed by atoms with Crippen molar-refractivity contribution in [3.63, 3.8) is 0 Å². The molecule has 17 heavy (non-hydrogen) atoms. The molecule has 1 aromatic carbocycles. The van der Waals surface area contributed by atoms with Crippen molar-refractivity contribution in [1.29, 1.82) is 0 Å². The third kappa shape index (κ3) is 4.04. The van der Waals surface area contributed by atoms with E-state index >= 15 is 0 Å². The summed E-state index contributed by atoms with van der Waals surface area (Å²) in [5.41, 5.74) is 8.48. The quantitative estimate of drug-likeness (QED) is 0.870. The molecule has 0 unspecified atom stereocenters.